The second kappa shape index (κ2) is 6.00. The third kappa shape index (κ3) is 3.22. The van der Waals surface area contributed by atoms with E-state index in [1.165, 1.54) is 10.5 Å². The second-order valence-corrected chi connectivity index (χ2v) is 5.31. The highest BCUT2D eigenvalue weighted by Gasteiger charge is 2.32. The Bertz CT molecular complexity index is 446. The first kappa shape index (κ1) is 13.8. The molecule has 19 heavy (non-hydrogen) atoms. The van der Waals surface area contributed by atoms with Gasteiger partial charge in [-0.25, -0.2) is 0 Å². The van der Waals surface area contributed by atoms with Gasteiger partial charge in [0.2, 0.25) is 11.8 Å². The van der Waals surface area contributed by atoms with Gasteiger partial charge < -0.3 is 0 Å². The summed E-state index contributed by atoms with van der Waals surface area (Å²) in [4.78, 5) is 25.6. The number of carbonyl (C=O) groups excluding carboxylic acids is 2. The second-order valence-electron chi connectivity index (χ2n) is 5.31. The number of hydrogen-bond acceptors (Lipinski definition) is 2. The van der Waals surface area contributed by atoms with Crippen molar-refractivity contribution in [3.63, 3.8) is 0 Å². The highest BCUT2D eigenvalue weighted by molar-refractivity contribution is 5.98. The predicted molar refractivity (Wildman–Crippen MR) is 74.8 cm³/mol. The van der Waals surface area contributed by atoms with E-state index in [1.54, 1.807) is 0 Å². The first-order valence-corrected chi connectivity index (χ1v) is 7.01. The summed E-state index contributed by atoms with van der Waals surface area (Å²) >= 11 is 0. The fourth-order valence-electron chi connectivity index (χ4n) is 2.49. The topological polar surface area (TPSA) is 37.4 Å². The molecule has 0 atom stereocenters. The van der Waals surface area contributed by atoms with Crippen LogP contribution in [0.3, 0.4) is 0 Å². The Morgan fingerprint density at radius 2 is 1.68 bits per heavy atom. The van der Waals surface area contributed by atoms with E-state index in [-0.39, 0.29) is 17.7 Å². The first-order chi connectivity index (χ1) is 9.11. The SMILES string of the molecule is CCCCN1C(=O)CC(c2ccc(C)cc2)CC1=O. The molecule has 0 aliphatic carbocycles. The minimum absolute atomic E-state index is 0.0183. The normalized spacial score (nSPS) is 17.1. The van der Waals surface area contributed by atoms with E-state index in [9.17, 15) is 9.59 Å². The highest BCUT2D eigenvalue weighted by atomic mass is 16.2. The van der Waals surface area contributed by atoms with Crippen LogP contribution in [-0.4, -0.2) is 23.3 Å². The summed E-state index contributed by atoms with van der Waals surface area (Å²) in [5.74, 6) is 0.0176. The number of nitrogens with zero attached hydrogens (tertiary/aromatic N) is 1. The molecule has 1 aliphatic heterocycles. The van der Waals surface area contributed by atoms with Gasteiger partial charge in [-0.1, -0.05) is 43.2 Å². The van der Waals surface area contributed by atoms with Gasteiger partial charge in [-0.2, -0.15) is 0 Å². The molecule has 0 aromatic heterocycles. The van der Waals surface area contributed by atoms with E-state index in [1.807, 2.05) is 31.2 Å². The molecule has 102 valence electrons. The molecule has 0 spiro atoms. The van der Waals surface area contributed by atoms with E-state index in [4.69, 9.17) is 0 Å². The Kier molecular flexibility index (Phi) is 4.35. The van der Waals surface area contributed by atoms with E-state index >= 15 is 0 Å². The fraction of sp³-hybridized carbons (Fsp3) is 0.500. The molecule has 3 heteroatoms. The summed E-state index contributed by atoms with van der Waals surface area (Å²) in [6, 6.07) is 8.13. The van der Waals surface area contributed by atoms with Crippen molar-refractivity contribution < 1.29 is 9.59 Å². The van der Waals surface area contributed by atoms with Gasteiger partial charge in [-0.15, -0.1) is 0 Å². The van der Waals surface area contributed by atoms with Gasteiger partial charge in [0.25, 0.3) is 0 Å². The summed E-state index contributed by atoms with van der Waals surface area (Å²) in [6.07, 6.45) is 2.81. The van der Waals surface area contributed by atoms with Gasteiger partial charge in [-0.3, -0.25) is 14.5 Å². The van der Waals surface area contributed by atoms with Crippen molar-refractivity contribution in [1.82, 2.24) is 4.90 Å². The molecule has 1 aromatic rings. The average molecular weight is 259 g/mol. The monoisotopic (exact) mass is 259 g/mol. The van der Waals surface area contributed by atoms with Crippen molar-refractivity contribution in [2.75, 3.05) is 6.54 Å². The number of likely N-dealkylation sites (tertiary alicyclic amines) is 1. The van der Waals surface area contributed by atoms with Crippen molar-refractivity contribution >= 4 is 11.8 Å². The van der Waals surface area contributed by atoms with Gasteiger partial charge >= 0.3 is 0 Å². The van der Waals surface area contributed by atoms with Crippen molar-refractivity contribution in [3.05, 3.63) is 35.4 Å². The molecule has 2 rings (SSSR count). The minimum Gasteiger partial charge on any atom is -0.283 e. The van der Waals surface area contributed by atoms with Crippen LogP contribution >= 0.6 is 0 Å². The lowest BCUT2D eigenvalue weighted by atomic mass is 9.88. The van der Waals surface area contributed by atoms with Gasteiger partial charge in [0.1, 0.15) is 0 Å². The molecule has 1 aliphatic rings. The summed E-state index contributed by atoms with van der Waals surface area (Å²) in [5.41, 5.74) is 2.30. The average Bonchev–Trinajstić information content (AvgIpc) is 2.38. The molecule has 0 saturated carbocycles. The predicted octanol–water partition coefficient (Wildman–Crippen LogP) is 3.03. The lowest BCUT2D eigenvalue weighted by Gasteiger charge is -2.30. The number of aryl methyl sites for hydroxylation is 1. The van der Waals surface area contributed by atoms with Crippen LogP contribution in [0, 0.1) is 6.92 Å². The first-order valence-electron chi connectivity index (χ1n) is 7.01. The lowest BCUT2D eigenvalue weighted by Crippen LogP contribution is -2.43. The number of hydrogen-bond donors (Lipinski definition) is 0. The molecule has 2 amide bonds. The number of unbranched alkanes of at least 4 members (excludes halogenated alkanes) is 1. The molecular weight excluding hydrogens is 238 g/mol. The molecule has 1 fully saturated rings. The van der Waals surface area contributed by atoms with Crippen molar-refractivity contribution in [1.29, 1.82) is 0 Å². The zero-order valence-corrected chi connectivity index (χ0v) is 11.7. The van der Waals surface area contributed by atoms with Crippen LogP contribution in [0.1, 0.15) is 49.7 Å². The van der Waals surface area contributed by atoms with Crippen LogP contribution in [0.15, 0.2) is 24.3 Å². The third-order valence-corrected chi connectivity index (χ3v) is 3.73. The number of imide groups is 1. The molecule has 0 bridgehead atoms. The molecule has 3 nitrogen and oxygen atoms in total. The number of carbonyl (C=O) groups is 2. The largest absolute Gasteiger partial charge is 0.283 e. The van der Waals surface area contributed by atoms with Gasteiger partial charge in [0, 0.05) is 25.3 Å². The van der Waals surface area contributed by atoms with Gasteiger partial charge in [-0.05, 0) is 18.9 Å². The van der Waals surface area contributed by atoms with E-state index in [0.717, 1.165) is 18.4 Å². The summed E-state index contributed by atoms with van der Waals surface area (Å²) < 4.78 is 0. The third-order valence-electron chi connectivity index (χ3n) is 3.73. The van der Waals surface area contributed by atoms with Crippen LogP contribution in [0.4, 0.5) is 0 Å². The summed E-state index contributed by atoms with van der Waals surface area (Å²) in [6.45, 7) is 4.68. The van der Waals surface area contributed by atoms with Crippen molar-refractivity contribution in [2.45, 2.75) is 45.4 Å². The molecular formula is C16H21NO2. The number of benzene rings is 1. The van der Waals surface area contributed by atoms with E-state index < -0.39 is 0 Å². The standard InChI is InChI=1S/C16H21NO2/c1-3-4-9-17-15(18)10-14(11-16(17)19)13-7-5-12(2)6-8-13/h5-8,14H,3-4,9-11H2,1-2H3. The van der Waals surface area contributed by atoms with Crippen LogP contribution in [0.2, 0.25) is 0 Å². The van der Waals surface area contributed by atoms with Gasteiger partial charge in [0.15, 0.2) is 0 Å². The van der Waals surface area contributed by atoms with Crippen molar-refractivity contribution in [3.8, 4) is 0 Å². The Morgan fingerprint density at radius 1 is 1.11 bits per heavy atom. The maximum Gasteiger partial charge on any atom is 0.229 e. The van der Waals surface area contributed by atoms with Crippen LogP contribution < -0.4 is 0 Å². The molecule has 0 radical (unpaired) electrons. The van der Waals surface area contributed by atoms with E-state index in [0.29, 0.717) is 19.4 Å². The van der Waals surface area contributed by atoms with E-state index in [2.05, 4.69) is 6.92 Å². The highest BCUT2D eigenvalue weighted by Crippen LogP contribution is 2.29. The van der Waals surface area contributed by atoms with Crippen LogP contribution in [0.5, 0.6) is 0 Å². The molecule has 1 heterocycles. The van der Waals surface area contributed by atoms with Crippen LogP contribution in [-0.2, 0) is 9.59 Å². The number of rotatable bonds is 4. The Balaban J connectivity index is 2.06. The van der Waals surface area contributed by atoms with Gasteiger partial charge in [0.05, 0.1) is 0 Å². The maximum atomic E-state index is 12.1. The Morgan fingerprint density at radius 3 is 2.21 bits per heavy atom. The number of amides is 2. The maximum absolute atomic E-state index is 12.1. The molecule has 0 unspecified atom stereocenters. The zero-order valence-electron chi connectivity index (χ0n) is 11.7. The Labute approximate surface area is 114 Å². The zero-order chi connectivity index (χ0) is 13.8. The lowest BCUT2D eigenvalue weighted by molar-refractivity contribution is -0.148. The Hall–Kier alpha value is -1.64. The van der Waals surface area contributed by atoms with Crippen LogP contribution in [0.25, 0.3) is 0 Å². The molecule has 1 saturated heterocycles. The quantitative estimate of drug-likeness (QED) is 0.779. The fourth-order valence-corrected chi connectivity index (χ4v) is 2.49. The smallest absolute Gasteiger partial charge is 0.229 e. The molecule has 0 N–H and O–H groups in total. The summed E-state index contributed by atoms with van der Waals surface area (Å²) in [5, 5.41) is 0. The van der Waals surface area contributed by atoms with Crippen molar-refractivity contribution in [2.24, 2.45) is 0 Å². The molecule has 1 aromatic carbocycles. The summed E-state index contributed by atoms with van der Waals surface area (Å²) in [7, 11) is 0. The minimum atomic E-state index is -0.0183. The number of piperidine rings is 1.